The molecule has 3 rings (SSSR count). The largest absolute Gasteiger partial charge is 0.480 e. The highest BCUT2D eigenvalue weighted by Crippen LogP contribution is 2.20. The van der Waals surface area contributed by atoms with E-state index in [1.165, 1.54) is 0 Å². The Kier molecular flexibility index (Phi) is 11.2. The number of aliphatic carboxylic acids is 1. The first-order valence-electron chi connectivity index (χ1n) is 13.8. The Morgan fingerprint density at radius 2 is 1.50 bits per heavy atom. The lowest BCUT2D eigenvalue weighted by atomic mass is 9.96. The molecule has 0 bridgehead atoms. The number of nitrogens with one attached hydrogen (secondary N) is 4. The van der Waals surface area contributed by atoms with Gasteiger partial charge < -0.3 is 37.5 Å². The minimum absolute atomic E-state index is 0.0471. The van der Waals surface area contributed by atoms with Gasteiger partial charge >= 0.3 is 5.97 Å². The molecule has 4 amide bonds. The van der Waals surface area contributed by atoms with Crippen LogP contribution < -0.4 is 27.4 Å². The third-order valence-electron chi connectivity index (χ3n) is 7.18. The number of H-pyrrole nitrogens is 1. The van der Waals surface area contributed by atoms with E-state index in [-0.39, 0.29) is 18.8 Å². The summed E-state index contributed by atoms with van der Waals surface area (Å²) in [7, 11) is 0. The van der Waals surface area contributed by atoms with E-state index in [1.54, 1.807) is 43.5 Å². The normalized spacial score (nSPS) is 14.6. The molecule has 5 atom stereocenters. The second-order valence-electron chi connectivity index (χ2n) is 10.4. The summed E-state index contributed by atoms with van der Waals surface area (Å²) >= 11 is 0. The zero-order valence-corrected chi connectivity index (χ0v) is 23.6. The summed E-state index contributed by atoms with van der Waals surface area (Å²) in [5, 5.41) is 18.5. The molecule has 12 heteroatoms. The minimum Gasteiger partial charge on any atom is -0.480 e. The maximum absolute atomic E-state index is 13.7. The van der Waals surface area contributed by atoms with Crippen molar-refractivity contribution in [2.45, 2.75) is 63.7 Å². The van der Waals surface area contributed by atoms with Crippen LogP contribution in [0.15, 0.2) is 60.8 Å². The Hall–Kier alpha value is -4.71. The predicted octanol–water partition coefficient (Wildman–Crippen LogP) is 0.741. The van der Waals surface area contributed by atoms with Crippen LogP contribution in [0.4, 0.5) is 0 Å². The van der Waals surface area contributed by atoms with Crippen LogP contribution in [-0.2, 0) is 36.8 Å². The van der Waals surface area contributed by atoms with Gasteiger partial charge in [0.2, 0.25) is 23.6 Å². The third-order valence-corrected chi connectivity index (χ3v) is 7.18. The van der Waals surface area contributed by atoms with E-state index < -0.39 is 60.2 Å². The summed E-state index contributed by atoms with van der Waals surface area (Å²) in [5.74, 6) is -4.45. The predicted molar refractivity (Wildman–Crippen MR) is 157 cm³/mol. The number of rotatable bonds is 15. The number of primary amides is 1. The zero-order chi connectivity index (χ0) is 30.8. The molecule has 2 aromatic carbocycles. The van der Waals surface area contributed by atoms with E-state index in [1.807, 2.05) is 31.2 Å². The van der Waals surface area contributed by atoms with Crippen molar-refractivity contribution in [3.63, 3.8) is 0 Å². The van der Waals surface area contributed by atoms with E-state index >= 15 is 0 Å². The average Bonchev–Trinajstić information content (AvgIpc) is 3.37. The highest BCUT2D eigenvalue weighted by molar-refractivity contribution is 5.95. The van der Waals surface area contributed by atoms with E-state index in [9.17, 15) is 29.1 Å². The molecule has 5 unspecified atom stereocenters. The maximum Gasteiger partial charge on any atom is 0.326 e. The van der Waals surface area contributed by atoms with Gasteiger partial charge in [-0.3, -0.25) is 19.2 Å². The minimum atomic E-state index is -1.27. The van der Waals surface area contributed by atoms with Crippen molar-refractivity contribution < 1.29 is 29.1 Å². The molecule has 42 heavy (non-hydrogen) atoms. The fraction of sp³-hybridized carbons (Fsp3) is 0.367. The van der Waals surface area contributed by atoms with Gasteiger partial charge in [-0.2, -0.15) is 0 Å². The molecular formula is C30H38N6O6. The highest BCUT2D eigenvalue weighted by Gasteiger charge is 2.33. The number of amides is 4. The molecule has 0 saturated heterocycles. The highest BCUT2D eigenvalue weighted by atomic mass is 16.4. The second-order valence-corrected chi connectivity index (χ2v) is 10.4. The van der Waals surface area contributed by atoms with Gasteiger partial charge in [0.05, 0.1) is 12.5 Å². The van der Waals surface area contributed by atoms with Crippen LogP contribution >= 0.6 is 0 Å². The van der Waals surface area contributed by atoms with Crippen LogP contribution in [0.25, 0.3) is 10.9 Å². The van der Waals surface area contributed by atoms with Crippen molar-refractivity contribution in [3.8, 4) is 0 Å². The molecule has 0 aliphatic carbocycles. The number of hydrogen-bond acceptors (Lipinski definition) is 6. The summed E-state index contributed by atoms with van der Waals surface area (Å²) in [6, 6.07) is 11.5. The number of fused-ring (bicyclic) bond motifs is 1. The molecule has 0 spiro atoms. The van der Waals surface area contributed by atoms with Crippen molar-refractivity contribution in [3.05, 3.63) is 71.9 Å². The molecule has 0 aliphatic rings. The molecule has 224 valence electrons. The fourth-order valence-corrected chi connectivity index (χ4v) is 4.59. The van der Waals surface area contributed by atoms with Gasteiger partial charge in [0.1, 0.15) is 18.1 Å². The van der Waals surface area contributed by atoms with Gasteiger partial charge in [0.15, 0.2) is 0 Å². The SMILES string of the molecule is CCC(C)C(NC(=O)C(Cc1c[nH]c2ccccc12)NC(=O)C(N)CC(N)=O)C(=O)NC(Cc1ccccc1)C(=O)O. The van der Waals surface area contributed by atoms with E-state index in [0.717, 1.165) is 22.0 Å². The Bertz CT molecular complexity index is 1410. The summed E-state index contributed by atoms with van der Waals surface area (Å²) in [6.07, 6.45) is 1.91. The lowest BCUT2D eigenvalue weighted by molar-refractivity contribution is -0.142. The maximum atomic E-state index is 13.7. The van der Waals surface area contributed by atoms with Crippen molar-refractivity contribution in [1.29, 1.82) is 0 Å². The number of aromatic amines is 1. The van der Waals surface area contributed by atoms with Crippen LogP contribution in [-0.4, -0.2) is 63.9 Å². The van der Waals surface area contributed by atoms with Crippen molar-refractivity contribution in [2.75, 3.05) is 0 Å². The first-order chi connectivity index (χ1) is 20.0. The lowest BCUT2D eigenvalue weighted by Crippen LogP contribution is -2.59. The van der Waals surface area contributed by atoms with E-state index in [0.29, 0.717) is 6.42 Å². The number of carboxylic acid groups (broad SMARTS) is 1. The van der Waals surface area contributed by atoms with Crippen LogP contribution in [0.5, 0.6) is 0 Å². The van der Waals surface area contributed by atoms with Crippen molar-refractivity contribution in [2.24, 2.45) is 17.4 Å². The monoisotopic (exact) mass is 578 g/mol. The molecular weight excluding hydrogens is 540 g/mol. The molecule has 0 aliphatic heterocycles. The Morgan fingerprint density at radius 3 is 2.14 bits per heavy atom. The summed E-state index contributed by atoms with van der Waals surface area (Å²) in [6.45, 7) is 3.59. The third kappa shape index (κ3) is 8.64. The van der Waals surface area contributed by atoms with Crippen molar-refractivity contribution >= 4 is 40.5 Å². The zero-order valence-electron chi connectivity index (χ0n) is 23.6. The van der Waals surface area contributed by atoms with Gasteiger partial charge in [-0.25, -0.2) is 4.79 Å². The van der Waals surface area contributed by atoms with Crippen LogP contribution in [0.3, 0.4) is 0 Å². The molecule has 3 aromatic rings. The fourth-order valence-electron chi connectivity index (χ4n) is 4.59. The smallest absolute Gasteiger partial charge is 0.326 e. The average molecular weight is 579 g/mol. The van der Waals surface area contributed by atoms with Gasteiger partial charge in [0, 0.05) is 29.9 Å². The van der Waals surface area contributed by atoms with Crippen LogP contribution in [0, 0.1) is 5.92 Å². The molecule has 0 saturated carbocycles. The van der Waals surface area contributed by atoms with Gasteiger partial charge in [-0.1, -0.05) is 68.8 Å². The number of carbonyl (C=O) groups excluding carboxylic acids is 4. The molecule has 9 N–H and O–H groups in total. The summed E-state index contributed by atoms with van der Waals surface area (Å²) in [4.78, 5) is 66.3. The van der Waals surface area contributed by atoms with E-state index in [2.05, 4.69) is 20.9 Å². The molecule has 1 aromatic heterocycles. The standard InChI is InChI=1S/C30H38N6O6/c1-3-17(2)26(29(40)35-24(30(41)42)13-18-9-5-4-6-10-18)36-28(39)23(34-27(38)21(31)15-25(32)37)14-19-16-33-22-12-8-7-11-20(19)22/h4-12,16-17,21,23-24,26,33H,3,13-15,31H2,1-2H3,(H2,32,37)(H,34,38)(H,35,40)(H,36,39)(H,41,42). The molecule has 12 nitrogen and oxygen atoms in total. The number of hydrogen-bond donors (Lipinski definition) is 7. The van der Waals surface area contributed by atoms with Gasteiger partial charge in [-0.05, 0) is 23.1 Å². The Morgan fingerprint density at radius 1 is 0.857 bits per heavy atom. The van der Waals surface area contributed by atoms with E-state index in [4.69, 9.17) is 11.5 Å². The van der Waals surface area contributed by atoms with Gasteiger partial charge in [-0.15, -0.1) is 0 Å². The van der Waals surface area contributed by atoms with Gasteiger partial charge in [0.25, 0.3) is 0 Å². The Balaban J connectivity index is 1.84. The summed E-state index contributed by atoms with van der Waals surface area (Å²) < 4.78 is 0. The lowest BCUT2D eigenvalue weighted by Gasteiger charge is -2.28. The topological polar surface area (TPSA) is 209 Å². The molecule has 1 heterocycles. The number of para-hydroxylation sites is 1. The molecule has 0 radical (unpaired) electrons. The number of nitrogens with two attached hydrogens (primary N) is 2. The number of carbonyl (C=O) groups is 5. The van der Waals surface area contributed by atoms with Crippen molar-refractivity contribution in [1.82, 2.24) is 20.9 Å². The first-order valence-corrected chi connectivity index (χ1v) is 13.8. The quantitative estimate of drug-likeness (QED) is 0.137. The summed E-state index contributed by atoms with van der Waals surface area (Å²) in [5.41, 5.74) is 13.3. The Labute approximate surface area is 243 Å². The number of benzene rings is 2. The first kappa shape index (κ1) is 31.8. The number of aromatic nitrogens is 1. The molecule has 0 fully saturated rings. The second kappa shape index (κ2) is 14.8. The van der Waals surface area contributed by atoms with Crippen LogP contribution in [0.1, 0.15) is 37.8 Å². The van der Waals surface area contributed by atoms with Crippen LogP contribution in [0.2, 0.25) is 0 Å². The number of carboxylic acids is 1.